The second-order valence-corrected chi connectivity index (χ2v) is 6.78. The van der Waals surface area contributed by atoms with Gasteiger partial charge in [0.2, 0.25) is 5.91 Å². The number of nitrogens with two attached hydrogens (primary N) is 1. The first-order valence-corrected chi connectivity index (χ1v) is 8.10. The summed E-state index contributed by atoms with van der Waals surface area (Å²) in [7, 11) is 0. The fourth-order valence-electron chi connectivity index (χ4n) is 4.30. The molecule has 1 amide bonds. The van der Waals surface area contributed by atoms with Crippen LogP contribution in [0.1, 0.15) is 30.7 Å². The first-order chi connectivity index (χ1) is 10.6. The van der Waals surface area contributed by atoms with Crippen LogP contribution in [0.15, 0.2) is 24.4 Å². The van der Waals surface area contributed by atoms with Gasteiger partial charge in [0.1, 0.15) is 5.65 Å². The predicted octanol–water partition coefficient (Wildman–Crippen LogP) is 1.63. The van der Waals surface area contributed by atoms with E-state index in [9.17, 15) is 4.79 Å². The zero-order valence-electron chi connectivity index (χ0n) is 12.8. The number of pyridine rings is 1. The number of carbonyl (C=O) groups is 1. The molecule has 22 heavy (non-hydrogen) atoms. The van der Waals surface area contributed by atoms with E-state index in [0.717, 1.165) is 29.9 Å². The van der Waals surface area contributed by atoms with Gasteiger partial charge >= 0.3 is 0 Å². The van der Waals surface area contributed by atoms with E-state index >= 15 is 0 Å². The van der Waals surface area contributed by atoms with Crippen LogP contribution in [0.3, 0.4) is 0 Å². The summed E-state index contributed by atoms with van der Waals surface area (Å²) in [6.45, 7) is 2.52. The molecule has 2 aliphatic carbocycles. The Hall–Kier alpha value is -1.88. The molecule has 2 aromatic rings. The van der Waals surface area contributed by atoms with Crippen LogP contribution in [-0.2, 0) is 11.3 Å². The minimum Gasteiger partial charge on any atom is -0.350 e. The number of nitrogens with one attached hydrogen (secondary N) is 1. The number of aromatic nitrogens is 2. The van der Waals surface area contributed by atoms with Crippen LogP contribution in [0.2, 0.25) is 0 Å². The summed E-state index contributed by atoms with van der Waals surface area (Å²) >= 11 is 0. The molecule has 2 fully saturated rings. The van der Waals surface area contributed by atoms with E-state index in [-0.39, 0.29) is 17.9 Å². The van der Waals surface area contributed by atoms with Gasteiger partial charge in [0, 0.05) is 17.9 Å². The van der Waals surface area contributed by atoms with Gasteiger partial charge in [-0.3, -0.25) is 4.79 Å². The van der Waals surface area contributed by atoms with Gasteiger partial charge in [0.15, 0.2) is 0 Å². The summed E-state index contributed by atoms with van der Waals surface area (Å²) in [5, 5.41) is 3.04. The summed E-state index contributed by atoms with van der Waals surface area (Å²) in [5.74, 6) is 1.15. The molecule has 4 atom stereocenters. The molecule has 3 N–H and O–H groups in total. The number of hydrogen-bond donors (Lipinski definition) is 2. The van der Waals surface area contributed by atoms with Gasteiger partial charge in [-0.15, -0.1) is 0 Å². The third-order valence-corrected chi connectivity index (χ3v) is 5.47. The van der Waals surface area contributed by atoms with Crippen molar-refractivity contribution < 1.29 is 4.79 Å². The molecular weight excluding hydrogens is 276 g/mol. The van der Waals surface area contributed by atoms with Crippen molar-refractivity contribution in [2.24, 2.45) is 23.5 Å². The zero-order chi connectivity index (χ0) is 15.3. The number of amides is 1. The summed E-state index contributed by atoms with van der Waals surface area (Å²) in [6.07, 6.45) is 5.48. The molecule has 4 unspecified atom stereocenters. The van der Waals surface area contributed by atoms with Crippen molar-refractivity contribution in [3.63, 3.8) is 0 Å². The molecule has 116 valence electrons. The second kappa shape index (κ2) is 5.09. The van der Waals surface area contributed by atoms with Gasteiger partial charge < -0.3 is 15.5 Å². The lowest BCUT2D eigenvalue weighted by molar-refractivity contribution is -0.127. The lowest BCUT2D eigenvalue weighted by atomic mass is 9.84. The molecule has 2 aliphatic rings. The van der Waals surface area contributed by atoms with Crippen molar-refractivity contribution >= 4 is 11.6 Å². The van der Waals surface area contributed by atoms with Gasteiger partial charge in [-0.05, 0) is 50.2 Å². The Balaban J connectivity index is 1.45. The molecule has 0 aromatic carbocycles. The highest BCUT2D eigenvalue weighted by Gasteiger charge is 2.48. The van der Waals surface area contributed by atoms with E-state index in [2.05, 4.69) is 10.3 Å². The Labute approximate surface area is 129 Å². The molecule has 0 spiro atoms. The number of aryl methyl sites for hydroxylation is 1. The van der Waals surface area contributed by atoms with E-state index in [4.69, 9.17) is 5.73 Å². The topological polar surface area (TPSA) is 72.4 Å². The van der Waals surface area contributed by atoms with Crippen LogP contribution in [0, 0.1) is 24.7 Å². The molecule has 2 aromatic heterocycles. The van der Waals surface area contributed by atoms with Crippen LogP contribution in [-0.4, -0.2) is 21.3 Å². The van der Waals surface area contributed by atoms with Gasteiger partial charge in [-0.25, -0.2) is 4.98 Å². The Morgan fingerprint density at radius 2 is 2.23 bits per heavy atom. The Morgan fingerprint density at radius 1 is 1.41 bits per heavy atom. The highest BCUT2D eigenvalue weighted by molar-refractivity contribution is 5.80. The molecule has 2 saturated carbocycles. The zero-order valence-corrected chi connectivity index (χ0v) is 12.8. The van der Waals surface area contributed by atoms with Gasteiger partial charge in [-0.2, -0.15) is 0 Å². The maximum atomic E-state index is 12.5. The average molecular weight is 298 g/mol. The van der Waals surface area contributed by atoms with Crippen molar-refractivity contribution in [2.75, 3.05) is 0 Å². The molecular formula is C17H22N4O. The normalized spacial score (nSPS) is 30.1. The first-order valence-electron chi connectivity index (χ1n) is 8.10. The molecule has 2 bridgehead atoms. The highest BCUT2D eigenvalue weighted by atomic mass is 16.1. The van der Waals surface area contributed by atoms with E-state index in [1.165, 1.54) is 6.42 Å². The third-order valence-electron chi connectivity index (χ3n) is 5.47. The quantitative estimate of drug-likeness (QED) is 0.904. The molecule has 5 heteroatoms. The number of fused-ring (bicyclic) bond motifs is 3. The maximum absolute atomic E-state index is 12.5. The smallest absolute Gasteiger partial charge is 0.225 e. The van der Waals surface area contributed by atoms with E-state index in [1.807, 2.05) is 35.7 Å². The Bertz CT molecular complexity index is 721. The van der Waals surface area contributed by atoms with E-state index in [1.54, 1.807) is 0 Å². The van der Waals surface area contributed by atoms with E-state index in [0.29, 0.717) is 18.4 Å². The minimum absolute atomic E-state index is 0.00230. The standard InChI is InChI=1S/C17H22N4O/c1-10-3-2-4-14-20-13(9-21(10)14)8-19-17(22)15-11-5-6-12(7-11)16(15)18/h2-4,9,11-12,15-16H,5-8,18H2,1H3,(H,19,22). The largest absolute Gasteiger partial charge is 0.350 e. The van der Waals surface area contributed by atoms with Crippen molar-refractivity contribution in [2.45, 2.75) is 38.8 Å². The Kier molecular flexibility index (Phi) is 3.18. The van der Waals surface area contributed by atoms with Crippen molar-refractivity contribution in [3.05, 3.63) is 35.8 Å². The first kappa shape index (κ1) is 13.8. The number of imidazole rings is 1. The van der Waals surface area contributed by atoms with Crippen LogP contribution >= 0.6 is 0 Å². The Morgan fingerprint density at radius 3 is 2.95 bits per heavy atom. The minimum atomic E-state index is -0.00230. The number of carbonyl (C=O) groups excluding carboxylic acids is 1. The summed E-state index contributed by atoms with van der Waals surface area (Å²) < 4.78 is 2.05. The van der Waals surface area contributed by atoms with Crippen LogP contribution < -0.4 is 11.1 Å². The molecule has 0 saturated heterocycles. The molecule has 5 nitrogen and oxygen atoms in total. The predicted molar refractivity (Wildman–Crippen MR) is 84.1 cm³/mol. The fourth-order valence-corrected chi connectivity index (χ4v) is 4.30. The molecule has 2 heterocycles. The molecule has 0 aliphatic heterocycles. The van der Waals surface area contributed by atoms with Crippen molar-refractivity contribution in [1.29, 1.82) is 0 Å². The number of hydrogen-bond acceptors (Lipinski definition) is 3. The van der Waals surface area contributed by atoms with Crippen LogP contribution in [0.4, 0.5) is 0 Å². The lowest BCUT2D eigenvalue weighted by Crippen LogP contribution is -2.45. The molecule has 4 rings (SSSR count). The summed E-state index contributed by atoms with van der Waals surface area (Å²) in [4.78, 5) is 17.0. The van der Waals surface area contributed by atoms with Gasteiger partial charge in [-0.1, -0.05) is 6.07 Å². The lowest BCUT2D eigenvalue weighted by Gasteiger charge is -2.26. The third kappa shape index (κ3) is 2.11. The van der Waals surface area contributed by atoms with Gasteiger partial charge in [0.25, 0.3) is 0 Å². The van der Waals surface area contributed by atoms with E-state index < -0.39 is 0 Å². The average Bonchev–Trinajstić information content (AvgIpc) is 3.18. The van der Waals surface area contributed by atoms with Gasteiger partial charge in [0.05, 0.1) is 18.2 Å². The summed E-state index contributed by atoms with van der Waals surface area (Å²) in [6, 6.07) is 6.06. The number of rotatable bonds is 3. The molecule has 0 radical (unpaired) electrons. The van der Waals surface area contributed by atoms with Crippen molar-refractivity contribution in [3.8, 4) is 0 Å². The van der Waals surface area contributed by atoms with Crippen molar-refractivity contribution in [1.82, 2.24) is 14.7 Å². The van der Waals surface area contributed by atoms with Crippen LogP contribution in [0.5, 0.6) is 0 Å². The fraction of sp³-hybridized carbons (Fsp3) is 0.529. The SMILES string of the molecule is Cc1cccc2nc(CNC(=O)C3C4CCC(C4)C3N)cn12. The monoisotopic (exact) mass is 298 g/mol. The number of nitrogens with zero attached hydrogens (tertiary/aromatic N) is 2. The maximum Gasteiger partial charge on any atom is 0.225 e. The van der Waals surface area contributed by atoms with Crippen LogP contribution in [0.25, 0.3) is 5.65 Å². The second-order valence-electron chi connectivity index (χ2n) is 6.78. The summed E-state index contributed by atoms with van der Waals surface area (Å²) in [5.41, 5.74) is 9.18. The highest BCUT2D eigenvalue weighted by Crippen LogP contribution is 2.47.